The maximum atomic E-state index is 13.5. The molecule has 0 spiro atoms. The number of rotatable bonds is 3. The molecule has 1 N–H and O–H groups in total. The van der Waals surface area contributed by atoms with Crippen molar-refractivity contribution in [2.24, 2.45) is 0 Å². The minimum absolute atomic E-state index is 0.195. The Morgan fingerprint density at radius 1 is 1.39 bits per heavy atom. The molecule has 5 nitrogen and oxygen atoms in total. The van der Waals surface area contributed by atoms with Gasteiger partial charge in [0.25, 0.3) is 0 Å². The van der Waals surface area contributed by atoms with Crippen molar-refractivity contribution in [1.82, 2.24) is 19.5 Å². The lowest BCUT2D eigenvalue weighted by molar-refractivity contribution is 0.443. The number of nitrogens with zero attached hydrogens (tertiary/aromatic N) is 4. The Bertz CT molecular complexity index is 573. The SMILES string of the molecule is CC(C)n1cnc2c(NC3CCC3)nc(F)nc21. The predicted molar refractivity (Wildman–Crippen MR) is 66.9 cm³/mol. The van der Waals surface area contributed by atoms with Gasteiger partial charge in [-0.1, -0.05) is 0 Å². The molecule has 1 aliphatic carbocycles. The molecule has 1 fully saturated rings. The van der Waals surface area contributed by atoms with Gasteiger partial charge in [-0.3, -0.25) is 0 Å². The van der Waals surface area contributed by atoms with E-state index in [1.807, 2.05) is 18.4 Å². The van der Waals surface area contributed by atoms with Gasteiger partial charge in [0.1, 0.15) is 0 Å². The van der Waals surface area contributed by atoms with E-state index < -0.39 is 6.08 Å². The fourth-order valence-corrected chi connectivity index (χ4v) is 2.11. The zero-order valence-corrected chi connectivity index (χ0v) is 10.5. The second-order valence-electron chi connectivity index (χ2n) is 5.03. The van der Waals surface area contributed by atoms with Gasteiger partial charge >= 0.3 is 6.08 Å². The molecular weight excluding hydrogens is 233 g/mol. The van der Waals surface area contributed by atoms with Crippen LogP contribution in [0.5, 0.6) is 0 Å². The number of hydrogen-bond acceptors (Lipinski definition) is 4. The smallest absolute Gasteiger partial charge is 0.312 e. The Morgan fingerprint density at radius 2 is 2.17 bits per heavy atom. The highest BCUT2D eigenvalue weighted by Gasteiger charge is 2.21. The van der Waals surface area contributed by atoms with Gasteiger partial charge in [0.15, 0.2) is 17.0 Å². The quantitative estimate of drug-likeness (QED) is 0.849. The van der Waals surface area contributed by atoms with E-state index in [9.17, 15) is 4.39 Å². The van der Waals surface area contributed by atoms with Crippen LogP contribution < -0.4 is 5.32 Å². The number of nitrogens with one attached hydrogen (secondary N) is 1. The molecule has 3 rings (SSSR count). The van der Waals surface area contributed by atoms with Crippen LogP contribution in [0.3, 0.4) is 0 Å². The Hall–Kier alpha value is -1.72. The monoisotopic (exact) mass is 249 g/mol. The lowest BCUT2D eigenvalue weighted by Gasteiger charge is -2.26. The molecule has 2 heterocycles. The van der Waals surface area contributed by atoms with Gasteiger partial charge < -0.3 is 9.88 Å². The minimum atomic E-state index is -0.702. The molecule has 18 heavy (non-hydrogen) atoms. The maximum Gasteiger partial charge on any atom is 0.312 e. The first-order valence-electron chi connectivity index (χ1n) is 6.32. The van der Waals surface area contributed by atoms with E-state index in [0.717, 1.165) is 12.8 Å². The third kappa shape index (κ3) is 1.81. The van der Waals surface area contributed by atoms with Crippen molar-refractivity contribution in [2.75, 3.05) is 5.32 Å². The Kier molecular flexibility index (Phi) is 2.65. The lowest BCUT2D eigenvalue weighted by Crippen LogP contribution is -2.27. The molecule has 0 radical (unpaired) electrons. The third-order valence-corrected chi connectivity index (χ3v) is 3.40. The van der Waals surface area contributed by atoms with E-state index in [2.05, 4.69) is 20.3 Å². The summed E-state index contributed by atoms with van der Waals surface area (Å²) >= 11 is 0. The molecule has 0 saturated heterocycles. The normalized spacial score (nSPS) is 16.2. The minimum Gasteiger partial charge on any atom is -0.365 e. The van der Waals surface area contributed by atoms with Gasteiger partial charge in [-0.2, -0.15) is 14.4 Å². The van der Waals surface area contributed by atoms with E-state index in [4.69, 9.17) is 0 Å². The van der Waals surface area contributed by atoms with E-state index in [-0.39, 0.29) is 6.04 Å². The fourth-order valence-electron chi connectivity index (χ4n) is 2.11. The fraction of sp³-hybridized carbons (Fsp3) is 0.583. The van der Waals surface area contributed by atoms with E-state index in [1.54, 1.807) is 6.33 Å². The molecule has 2 aromatic heterocycles. The molecule has 0 unspecified atom stereocenters. The van der Waals surface area contributed by atoms with Crippen LogP contribution in [-0.2, 0) is 0 Å². The number of anilines is 1. The molecule has 1 saturated carbocycles. The molecular formula is C12H16FN5. The van der Waals surface area contributed by atoms with Gasteiger partial charge in [-0.05, 0) is 33.1 Å². The topological polar surface area (TPSA) is 55.6 Å². The average Bonchev–Trinajstić information content (AvgIpc) is 2.66. The van der Waals surface area contributed by atoms with Gasteiger partial charge in [-0.25, -0.2) is 4.98 Å². The van der Waals surface area contributed by atoms with E-state index in [1.165, 1.54) is 6.42 Å². The summed E-state index contributed by atoms with van der Waals surface area (Å²) in [5, 5.41) is 3.25. The van der Waals surface area contributed by atoms with Crippen LogP contribution in [-0.4, -0.2) is 25.6 Å². The van der Waals surface area contributed by atoms with Crippen molar-refractivity contribution in [3.63, 3.8) is 0 Å². The molecule has 6 heteroatoms. The van der Waals surface area contributed by atoms with Gasteiger partial charge in [0.2, 0.25) is 0 Å². The molecule has 96 valence electrons. The molecule has 0 aromatic carbocycles. The zero-order chi connectivity index (χ0) is 12.7. The number of imidazole rings is 1. The van der Waals surface area contributed by atoms with Crippen molar-refractivity contribution < 1.29 is 4.39 Å². The highest BCUT2D eigenvalue weighted by atomic mass is 19.1. The maximum absolute atomic E-state index is 13.5. The second-order valence-corrected chi connectivity index (χ2v) is 5.03. The number of halogens is 1. The summed E-state index contributed by atoms with van der Waals surface area (Å²) in [5.74, 6) is 0.515. The number of fused-ring (bicyclic) bond motifs is 1. The molecule has 0 amide bonds. The van der Waals surface area contributed by atoms with Crippen LogP contribution in [0.15, 0.2) is 6.33 Å². The molecule has 2 aromatic rings. The molecule has 1 aliphatic rings. The predicted octanol–water partition coefficient (Wildman–Crippen LogP) is 2.51. The van der Waals surface area contributed by atoms with Crippen LogP contribution in [0.1, 0.15) is 39.2 Å². The van der Waals surface area contributed by atoms with Crippen LogP contribution in [0.4, 0.5) is 10.2 Å². The van der Waals surface area contributed by atoms with Crippen LogP contribution in [0.2, 0.25) is 0 Å². The van der Waals surface area contributed by atoms with E-state index in [0.29, 0.717) is 23.0 Å². The molecule has 0 bridgehead atoms. The van der Waals surface area contributed by atoms with Crippen molar-refractivity contribution in [3.05, 3.63) is 12.4 Å². The summed E-state index contributed by atoms with van der Waals surface area (Å²) in [6.45, 7) is 4.03. The summed E-state index contributed by atoms with van der Waals surface area (Å²) in [6.07, 6.45) is 4.42. The first kappa shape index (κ1) is 11.4. The van der Waals surface area contributed by atoms with Gasteiger partial charge in [-0.15, -0.1) is 0 Å². The number of aromatic nitrogens is 4. The largest absolute Gasteiger partial charge is 0.365 e. The first-order valence-corrected chi connectivity index (χ1v) is 6.32. The van der Waals surface area contributed by atoms with Crippen LogP contribution >= 0.6 is 0 Å². The third-order valence-electron chi connectivity index (χ3n) is 3.40. The Morgan fingerprint density at radius 3 is 2.78 bits per heavy atom. The van der Waals surface area contributed by atoms with Crippen molar-refractivity contribution in [1.29, 1.82) is 0 Å². The standard InChI is InChI=1S/C12H16FN5/c1-7(2)18-6-14-9-10(15-8-4-3-5-8)16-12(13)17-11(9)18/h6-8H,3-5H2,1-2H3,(H,15,16,17). The summed E-state index contributed by atoms with van der Waals surface area (Å²) in [5.41, 5.74) is 1.20. The Labute approximate surface area is 104 Å². The highest BCUT2D eigenvalue weighted by molar-refractivity contribution is 5.82. The van der Waals surface area contributed by atoms with Crippen LogP contribution in [0.25, 0.3) is 11.2 Å². The number of hydrogen-bond donors (Lipinski definition) is 1. The first-order chi connectivity index (χ1) is 8.65. The summed E-state index contributed by atoms with van der Waals surface area (Å²) in [7, 11) is 0. The summed E-state index contributed by atoms with van der Waals surface area (Å²) < 4.78 is 15.3. The zero-order valence-electron chi connectivity index (χ0n) is 10.5. The summed E-state index contributed by atoms with van der Waals surface area (Å²) in [4.78, 5) is 12.0. The van der Waals surface area contributed by atoms with Crippen molar-refractivity contribution in [2.45, 2.75) is 45.2 Å². The van der Waals surface area contributed by atoms with Crippen LogP contribution in [0, 0.1) is 6.08 Å². The molecule has 0 atom stereocenters. The Balaban J connectivity index is 2.07. The molecule has 0 aliphatic heterocycles. The second kappa shape index (κ2) is 4.19. The van der Waals surface area contributed by atoms with Crippen molar-refractivity contribution in [3.8, 4) is 0 Å². The van der Waals surface area contributed by atoms with Gasteiger partial charge in [0, 0.05) is 12.1 Å². The summed E-state index contributed by atoms with van der Waals surface area (Å²) in [6, 6.07) is 0.590. The van der Waals surface area contributed by atoms with E-state index >= 15 is 0 Å². The van der Waals surface area contributed by atoms with Gasteiger partial charge in [0.05, 0.1) is 6.33 Å². The van der Waals surface area contributed by atoms with Crippen molar-refractivity contribution >= 4 is 17.0 Å². The highest BCUT2D eigenvalue weighted by Crippen LogP contribution is 2.26. The lowest BCUT2D eigenvalue weighted by atomic mass is 9.93. The average molecular weight is 249 g/mol.